The van der Waals surface area contributed by atoms with Gasteiger partial charge in [-0.25, -0.2) is 0 Å². The van der Waals surface area contributed by atoms with E-state index in [1.165, 1.54) is 4.90 Å². The summed E-state index contributed by atoms with van der Waals surface area (Å²) in [6, 6.07) is 12.5. The summed E-state index contributed by atoms with van der Waals surface area (Å²) in [5.41, 5.74) is 1.94. The van der Waals surface area contributed by atoms with E-state index in [0.717, 1.165) is 10.0 Å². The molecule has 20 heavy (non-hydrogen) atoms. The number of ketones is 1. The second-order valence-corrected chi connectivity index (χ2v) is 5.78. The Morgan fingerprint density at radius 1 is 1.10 bits per heavy atom. The summed E-state index contributed by atoms with van der Waals surface area (Å²) in [5, 5.41) is 0.604. The predicted octanol–water partition coefficient (Wildman–Crippen LogP) is 3.83. The highest BCUT2D eigenvalue weighted by Gasteiger charge is 2.37. The van der Waals surface area contributed by atoms with Crippen molar-refractivity contribution in [2.24, 2.45) is 0 Å². The summed E-state index contributed by atoms with van der Waals surface area (Å²) < 4.78 is 0.733. The minimum atomic E-state index is -0.508. The summed E-state index contributed by atoms with van der Waals surface area (Å²) in [4.78, 5) is 25.6. The Kier molecular flexibility index (Phi) is 3.36. The van der Waals surface area contributed by atoms with Crippen LogP contribution in [0.2, 0.25) is 5.02 Å². The molecule has 0 aliphatic carbocycles. The maximum absolute atomic E-state index is 12.1. The maximum atomic E-state index is 12.1. The molecule has 2 aromatic rings. The number of halogens is 2. The van der Waals surface area contributed by atoms with Gasteiger partial charge in [-0.15, -0.1) is 0 Å². The van der Waals surface area contributed by atoms with E-state index < -0.39 is 11.7 Å². The van der Waals surface area contributed by atoms with Crippen LogP contribution in [0.1, 0.15) is 15.9 Å². The molecule has 0 fully saturated rings. The van der Waals surface area contributed by atoms with Crippen LogP contribution in [0.5, 0.6) is 0 Å². The number of hydrogen-bond donors (Lipinski definition) is 0. The van der Waals surface area contributed by atoms with Crippen molar-refractivity contribution in [1.82, 2.24) is 0 Å². The van der Waals surface area contributed by atoms with Crippen LogP contribution in [0.3, 0.4) is 0 Å². The van der Waals surface area contributed by atoms with Crippen molar-refractivity contribution >= 4 is 44.9 Å². The summed E-state index contributed by atoms with van der Waals surface area (Å²) in [5.74, 6) is -0.977. The fourth-order valence-electron chi connectivity index (χ4n) is 2.28. The molecule has 0 saturated heterocycles. The molecule has 0 N–H and O–H groups in total. The monoisotopic (exact) mass is 349 g/mol. The number of para-hydroxylation sites is 1. The molecule has 1 aliphatic rings. The van der Waals surface area contributed by atoms with Gasteiger partial charge in [0.25, 0.3) is 11.7 Å². The highest BCUT2D eigenvalue weighted by atomic mass is 79.9. The fraction of sp³-hybridized carbons (Fsp3) is 0.0667. The second kappa shape index (κ2) is 5.04. The first kappa shape index (κ1) is 13.3. The molecule has 100 valence electrons. The van der Waals surface area contributed by atoms with Crippen molar-refractivity contribution in [1.29, 1.82) is 0 Å². The summed E-state index contributed by atoms with van der Waals surface area (Å²) in [7, 11) is 0. The van der Waals surface area contributed by atoms with Crippen molar-refractivity contribution < 1.29 is 9.59 Å². The van der Waals surface area contributed by atoms with Gasteiger partial charge in [0, 0.05) is 9.50 Å². The smallest absolute Gasteiger partial charge is 0.299 e. The number of carbonyl (C=O) groups excluding carboxylic acids is 2. The van der Waals surface area contributed by atoms with Crippen molar-refractivity contribution in [3.05, 3.63) is 63.1 Å². The fourth-order valence-corrected chi connectivity index (χ4v) is 3.07. The van der Waals surface area contributed by atoms with Gasteiger partial charge < -0.3 is 0 Å². The van der Waals surface area contributed by atoms with Gasteiger partial charge >= 0.3 is 0 Å². The molecule has 0 atom stereocenters. The highest BCUT2D eigenvalue weighted by Crippen LogP contribution is 2.36. The number of rotatable bonds is 2. The van der Waals surface area contributed by atoms with Gasteiger partial charge in [0.15, 0.2) is 0 Å². The maximum Gasteiger partial charge on any atom is 0.299 e. The molecule has 0 radical (unpaired) electrons. The summed E-state index contributed by atoms with van der Waals surface area (Å²) in [6.07, 6.45) is 0. The number of carbonyl (C=O) groups is 2. The van der Waals surface area contributed by atoms with E-state index >= 15 is 0 Å². The average molecular weight is 351 g/mol. The minimum Gasteiger partial charge on any atom is -0.299 e. The molecular formula is C15H9BrClNO2. The number of anilines is 1. The van der Waals surface area contributed by atoms with Gasteiger partial charge in [0.05, 0.1) is 17.8 Å². The van der Waals surface area contributed by atoms with Gasteiger partial charge in [-0.3, -0.25) is 14.5 Å². The van der Waals surface area contributed by atoms with Crippen LogP contribution in [0.15, 0.2) is 46.9 Å². The van der Waals surface area contributed by atoms with Gasteiger partial charge in [0.2, 0.25) is 0 Å². The zero-order valence-corrected chi connectivity index (χ0v) is 12.6. The van der Waals surface area contributed by atoms with Crippen LogP contribution in [-0.2, 0) is 11.3 Å². The Labute approximate surface area is 129 Å². The van der Waals surface area contributed by atoms with E-state index in [0.29, 0.717) is 22.8 Å². The number of Topliss-reactive ketones (excluding diaryl/α,β-unsaturated/α-hetero) is 1. The van der Waals surface area contributed by atoms with E-state index in [1.807, 2.05) is 18.2 Å². The highest BCUT2D eigenvalue weighted by molar-refractivity contribution is 9.10. The van der Waals surface area contributed by atoms with E-state index in [1.54, 1.807) is 24.3 Å². The van der Waals surface area contributed by atoms with Crippen LogP contribution < -0.4 is 4.90 Å². The van der Waals surface area contributed by atoms with E-state index in [4.69, 9.17) is 11.6 Å². The first-order valence-corrected chi connectivity index (χ1v) is 7.14. The van der Waals surface area contributed by atoms with Gasteiger partial charge in [0.1, 0.15) is 0 Å². The lowest BCUT2D eigenvalue weighted by Crippen LogP contribution is -2.29. The first-order valence-electron chi connectivity index (χ1n) is 5.97. The molecule has 2 aromatic carbocycles. The molecule has 1 heterocycles. The number of benzene rings is 2. The van der Waals surface area contributed by atoms with Crippen molar-refractivity contribution in [2.45, 2.75) is 6.54 Å². The van der Waals surface area contributed by atoms with E-state index in [2.05, 4.69) is 15.9 Å². The van der Waals surface area contributed by atoms with Crippen LogP contribution >= 0.6 is 27.5 Å². The van der Waals surface area contributed by atoms with Gasteiger partial charge in [-0.05, 0) is 45.8 Å². The Morgan fingerprint density at radius 3 is 2.60 bits per heavy atom. The van der Waals surface area contributed by atoms with Gasteiger partial charge in [-0.1, -0.05) is 29.8 Å². The minimum absolute atomic E-state index is 0.320. The van der Waals surface area contributed by atoms with Crippen molar-refractivity contribution in [3.8, 4) is 0 Å². The molecule has 3 rings (SSSR count). The zero-order valence-electron chi connectivity index (χ0n) is 10.3. The van der Waals surface area contributed by atoms with Crippen LogP contribution in [0, 0.1) is 0 Å². The molecule has 0 bridgehead atoms. The van der Waals surface area contributed by atoms with E-state index in [9.17, 15) is 9.59 Å². The number of nitrogens with zero attached hydrogens (tertiary/aromatic N) is 1. The molecule has 1 amide bonds. The quantitative estimate of drug-likeness (QED) is 0.772. The average Bonchev–Trinajstić information content (AvgIpc) is 2.66. The third kappa shape index (κ3) is 2.15. The lowest BCUT2D eigenvalue weighted by atomic mass is 10.1. The third-order valence-electron chi connectivity index (χ3n) is 3.17. The third-order valence-corrected chi connectivity index (χ3v) is 4.05. The van der Waals surface area contributed by atoms with Crippen molar-refractivity contribution in [2.75, 3.05) is 4.90 Å². The molecule has 5 heteroatoms. The topological polar surface area (TPSA) is 37.4 Å². The van der Waals surface area contributed by atoms with E-state index in [-0.39, 0.29) is 0 Å². The second-order valence-electron chi connectivity index (χ2n) is 4.49. The SMILES string of the molecule is O=C1C(=O)N(Cc2cccc(Cl)c2)c2c(Br)cccc21. The summed E-state index contributed by atoms with van der Waals surface area (Å²) >= 11 is 9.35. The lowest BCUT2D eigenvalue weighted by Gasteiger charge is -2.18. The van der Waals surface area contributed by atoms with Crippen LogP contribution in [0.25, 0.3) is 0 Å². The largest absolute Gasteiger partial charge is 0.299 e. The Hall–Kier alpha value is -1.65. The molecule has 0 saturated carbocycles. The summed E-state index contributed by atoms with van der Waals surface area (Å²) in [6.45, 7) is 0.320. The normalized spacial score (nSPS) is 13.8. The Morgan fingerprint density at radius 2 is 1.85 bits per heavy atom. The molecule has 1 aliphatic heterocycles. The molecule has 0 aromatic heterocycles. The zero-order chi connectivity index (χ0) is 14.3. The Bertz CT molecular complexity index is 730. The van der Waals surface area contributed by atoms with Crippen LogP contribution in [-0.4, -0.2) is 11.7 Å². The molecular weight excluding hydrogens is 342 g/mol. The van der Waals surface area contributed by atoms with Gasteiger partial charge in [-0.2, -0.15) is 0 Å². The number of amides is 1. The first-order chi connectivity index (χ1) is 9.58. The Balaban J connectivity index is 2.03. The molecule has 3 nitrogen and oxygen atoms in total. The standard InChI is InChI=1S/C15H9BrClNO2/c16-12-6-2-5-11-13(12)18(15(20)14(11)19)8-9-3-1-4-10(17)7-9/h1-7H,8H2. The molecule has 0 unspecified atom stereocenters. The number of fused-ring (bicyclic) bond motifs is 1. The number of hydrogen-bond acceptors (Lipinski definition) is 2. The predicted molar refractivity (Wildman–Crippen MR) is 81.1 cm³/mol. The lowest BCUT2D eigenvalue weighted by molar-refractivity contribution is -0.114. The van der Waals surface area contributed by atoms with Crippen LogP contribution in [0.4, 0.5) is 5.69 Å². The molecule has 0 spiro atoms. The van der Waals surface area contributed by atoms with Crippen molar-refractivity contribution in [3.63, 3.8) is 0 Å².